The molecule has 1 aromatic rings. The highest BCUT2D eigenvalue weighted by atomic mass is 16.2. The molecule has 6 heteroatoms. The Morgan fingerprint density at radius 1 is 1.22 bits per heavy atom. The number of carbonyl (C=O) groups is 1. The SMILES string of the molecule is CCc1nnc(NC(=O)CNC2CC2)nc1CC. The predicted molar refractivity (Wildman–Crippen MR) is 68.2 cm³/mol. The number of nitrogens with one attached hydrogen (secondary N) is 2. The second kappa shape index (κ2) is 5.86. The summed E-state index contributed by atoms with van der Waals surface area (Å²) in [6.07, 6.45) is 3.93. The van der Waals surface area contributed by atoms with Crippen molar-refractivity contribution in [3.63, 3.8) is 0 Å². The molecule has 18 heavy (non-hydrogen) atoms. The average Bonchev–Trinajstić information content (AvgIpc) is 3.20. The Labute approximate surface area is 107 Å². The highest BCUT2D eigenvalue weighted by molar-refractivity contribution is 5.90. The van der Waals surface area contributed by atoms with E-state index in [0.717, 1.165) is 37.1 Å². The Morgan fingerprint density at radius 2 is 1.94 bits per heavy atom. The molecule has 98 valence electrons. The van der Waals surface area contributed by atoms with Crippen LogP contribution in [0.15, 0.2) is 0 Å². The Hall–Kier alpha value is -1.56. The molecular formula is C12H19N5O. The van der Waals surface area contributed by atoms with E-state index in [1.54, 1.807) is 0 Å². The normalized spacial score (nSPS) is 14.6. The summed E-state index contributed by atoms with van der Waals surface area (Å²) >= 11 is 0. The second-order valence-electron chi connectivity index (χ2n) is 4.44. The first-order valence-corrected chi connectivity index (χ1v) is 6.48. The zero-order valence-electron chi connectivity index (χ0n) is 10.9. The van der Waals surface area contributed by atoms with Crippen molar-refractivity contribution in [1.82, 2.24) is 20.5 Å². The number of hydrogen-bond acceptors (Lipinski definition) is 5. The summed E-state index contributed by atoms with van der Waals surface area (Å²) in [7, 11) is 0. The number of rotatable bonds is 6. The lowest BCUT2D eigenvalue weighted by atomic mass is 10.2. The minimum absolute atomic E-state index is 0.116. The molecule has 0 saturated heterocycles. The first kappa shape index (κ1) is 12.9. The quantitative estimate of drug-likeness (QED) is 0.775. The topological polar surface area (TPSA) is 79.8 Å². The monoisotopic (exact) mass is 249 g/mol. The van der Waals surface area contributed by atoms with E-state index >= 15 is 0 Å². The summed E-state index contributed by atoms with van der Waals surface area (Å²) in [5.74, 6) is 0.182. The largest absolute Gasteiger partial charge is 0.306 e. The van der Waals surface area contributed by atoms with Gasteiger partial charge in [-0.1, -0.05) is 13.8 Å². The van der Waals surface area contributed by atoms with Crippen LogP contribution in [-0.2, 0) is 17.6 Å². The molecule has 0 aromatic carbocycles. The van der Waals surface area contributed by atoms with Gasteiger partial charge in [-0.15, -0.1) is 10.2 Å². The first-order valence-electron chi connectivity index (χ1n) is 6.48. The Morgan fingerprint density at radius 3 is 2.56 bits per heavy atom. The van der Waals surface area contributed by atoms with E-state index in [1.807, 2.05) is 13.8 Å². The molecule has 0 atom stereocenters. The van der Waals surface area contributed by atoms with Gasteiger partial charge in [0.1, 0.15) is 0 Å². The Bertz CT molecular complexity index is 430. The fourth-order valence-corrected chi connectivity index (χ4v) is 1.68. The molecule has 1 aliphatic carbocycles. The maximum absolute atomic E-state index is 11.6. The van der Waals surface area contributed by atoms with Crippen molar-refractivity contribution in [2.45, 2.75) is 45.6 Å². The van der Waals surface area contributed by atoms with Gasteiger partial charge in [0, 0.05) is 6.04 Å². The van der Waals surface area contributed by atoms with Crippen LogP contribution in [0.4, 0.5) is 5.95 Å². The summed E-state index contributed by atoms with van der Waals surface area (Å²) in [6, 6.07) is 0.517. The van der Waals surface area contributed by atoms with Gasteiger partial charge in [0.15, 0.2) is 0 Å². The van der Waals surface area contributed by atoms with Crippen molar-refractivity contribution < 1.29 is 4.79 Å². The maximum Gasteiger partial charge on any atom is 0.249 e. The molecule has 0 aliphatic heterocycles. The molecule has 1 aromatic heterocycles. The fraction of sp³-hybridized carbons (Fsp3) is 0.667. The van der Waals surface area contributed by atoms with Crippen LogP contribution in [0.1, 0.15) is 38.1 Å². The summed E-state index contributed by atoms with van der Waals surface area (Å²) < 4.78 is 0. The molecule has 2 N–H and O–H groups in total. The summed E-state index contributed by atoms with van der Waals surface area (Å²) in [4.78, 5) is 15.9. The van der Waals surface area contributed by atoms with Crippen molar-refractivity contribution in [2.75, 3.05) is 11.9 Å². The van der Waals surface area contributed by atoms with Gasteiger partial charge in [-0.3, -0.25) is 10.1 Å². The van der Waals surface area contributed by atoms with Crippen LogP contribution < -0.4 is 10.6 Å². The molecular weight excluding hydrogens is 230 g/mol. The van der Waals surface area contributed by atoms with E-state index in [4.69, 9.17) is 0 Å². The van der Waals surface area contributed by atoms with E-state index in [1.165, 1.54) is 0 Å². The van der Waals surface area contributed by atoms with E-state index < -0.39 is 0 Å². The number of amides is 1. The number of anilines is 1. The van der Waals surface area contributed by atoms with Crippen LogP contribution in [0.3, 0.4) is 0 Å². The molecule has 0 spiro atoms. The molecule has 0 bridgehead atoms. The number of aryl methyl sites for hydroxylation is 2. The second-order valence-corrected chi connectivity index (χ2v) is 4.44. The molecule has 1 aliphatic rings. The van der Waals surface area contributed by atoms with Gasteiger partial charge in [-0.2, -0.15) is 0 Å². The maximum atomic E-state index is 11.6. The van der Waals surface area contributed by atoms with Crippen LogP contribution in [0.2, 0.25) is 0 Å². The van der Waals surface area contributed by atoms with Gasteiger partial charge >= 0.3 is 0 Å². The lowest BCUT2D eigenvalue weighted by Gasteiger charge is -2.07. The van der Waals surface area contributed by atoms with Crippen LogP contribution in [0.25, 0.3) is 0 Å². The number of aromatic nitrogens is 3. The van der Waals surface area contributed by atoms with E-state index in [0.29, 0.717) is 18.5 Å². The molecule has 1 amide bonds. The molecule has 1 fully saturated rings. The highest BCUT2D eigenvalue weighted by Gasteiger charge is 2.21. The van der Waals surface area contributed by atoms with Crippen molar-refractivity contribution in [3.05, 3.63) is 11.4 Å². The molecule has 6 nitrogen and oxygen atoms in total. The molecule has 2 rings (SSSR count). The van der Waals surface area contributed by atoms with Crippen LogP contribution in [-0.4, -0.2) is 33.7 Å². The standard InChI is InChI=1S/C12H19N5O/c1-3-9-10(4-2)16-17-12(14-9)15-11(18)7-13-8-5-6-8/h8,13H,3-7H2,1-2H3,(H,14,15,17,18). The third-order valence-corrected chi connectivity index (χ3v) is 2.89. The minimum atomic E-state index is -0.116. The van der Waals surface area contributed by atoms with Crippen molar-refractivity contribution >= 4 is 11.9 Å². The van der Waals surface area contributed by atoms with Crippen LogP contribution in [0, 0.1) is 0 Å². The Balaban J connectivity index is 1.92. The zero-order valence-corrected chi connectivity index (χ0v) is 10.9. The van der Waals surface area contributed by atoms with E-state index in [9.17, 15) is 4.79 Å². The average molecular weight is 249 g/mol. The smallest absolute Gasteiger partial charge is 0.249 e. The number of hydrogen-bond donors (Lipinski definition) is 2. The van der Waals surface area contributed by atoms with Crippen molar-refractivity contribution in [3.8, 4) is 0 Å². The fourth-order valence-electron chi connectivity index (χ4n) is 1.68. The van der Waals surface area contributed by atoms with Gasteiger partial charge in [0.05, 0.1) is 17.9 Å². The van der Waals surface area contributed by atoms with Crippen molar-refractivity contribution in [2.24, 2.45) is 0 Å². The third kappa shape index (κ3) is 3.46. The van der Waals surface area contributed by atoms with Crippen LogP contribution >= 0.6 is 0 Å². The summed E-state index contributed by atoms with van der Waals surface area (Å²) in [5.41, 5.74) is 1.80. The molecule has 0 radical (unpaired) electrons. The summed E-state index contributed by atoms with van der Waals surface area (Å²) in [6.45, 7) is 4.34. The van der Waals surface area contributed by atoms with Gasteiger partial charge in [-0.05, 0) is 25.7 Å². The van der Waals surface area contributed by atoms with Gasteiger partial charge in [0.2, 0.25) is 11.9 Å². The Kier molecular flexibility index (Phi) is 4.19. The molecule has 1 heterocycles. The van der Waals surface area contributed by atoms with Gasteiger partial charge < -0.3 is 5.32 Å². The zero-order chi connectivity index (χ0) is 13.0. The van der Waals surface area contributed by atoms with E-state index in [-0.39, 0.29) is 5.91 Å². The van der Waals surface area contributed by atoms with Crippen molar-refractivity contribution in [1.29, 1.82) is 0 Å². The van der Waals surface area contributed by atoms with E-state index in [2.05, 4.69) is 25.8 Å². The molecule has 1 saturated carbocycles. The summed E-state index contributed by atoms with van der Waals surface area (Å²) in [5, 5.41) is 13.8. The van der Waals surface area contributed by atoms with Crippen LogP contribution in [0.5, 0.6) is 0 Å². The highest BCUT2D eigenvalue weighted by Crippen LogP contribution is 2.18. The predicted octanol–water partition coefficient (Wildman–Crippen LogP) is 0.687. The number of carbonyl (C=O) groups excluding carboxylic acids is 1. The first-order chi connectivity index (χ1) is 8.72. The third-order valence-electron chi connectivity index (χ3n) is 2.89. The minimum Gasteiger partial charge on any atom is -0.306 e. The van der Waals surface area contributed by atoms with Gasteiger partial charge in [0.25, 0.3) is 0 Å². The lowest BCUT2D eigenvalue weighted by Crippen LogP contribution is -2.30. The number of nitrogens with zero attached hydrogens (tertiary/aromatic N) is 3. The molecule has 0 unspecified atom stereocenters. The lowest BCUT2D eigenvalue weighted by molar-refractivity contribution is -0.115. The van der Waals surface area contributed by atoms with Gasteiger partial charge in [-0.25, -0.2) is 4.98 Å².